The molecule has 1 amide bonds. The Balaban J connectivity index is 1.78. The second-order valence-corrected chi connectivity index (χ2v) is 5.85. The molecular formula is C16H19N5O4. The quantitative estimate of drug-likeness (QED) is 0.652. The lowest BCUT2D eigenvalue weighted by atomic mass is 10.0. The van der Waals surface area contributed by atoms with E-state index in [1.54, 1.807) is 12.0 Å². The predicted octanol–water partition coefficient (Wildman–Crippen LogP) is 1.75. The Morgan fingerprint density at radius 1 is 1.52 bits per heavy atom. The maximum Gasteiger partial charge on any atom is 0.330 e. The Morgan fingerprint density at radius 3 is 3.00 bits per heavy atom. The van der Waals surface area contributed by atoms with Crippen molar-refractivity contribution in [1.29, 1.82) is 0 Å². The summed E-state index contributed by atoms with van der Waals surface area (Å²) in [6.07, 6.45) is 2.81. The maximum atomic E-state index is 12.7. The number of carbonyl (C=O) groups is 1. The molecule has 1 atom stereocenters. The minimum absolute atomic E-state index is 0.0469. The van der Waals surface area contributed by atoms with Crippen molar-refractivity contribution in [2.45, 2.75) is 25.4 Å². The fourth-order valence-electron chi connectivity index (χ4n) is 3.13. The Hall–Kier alpha value is -3.10. The number of benzene rings is 1. The van der Waals surface area contributed by atoms with Gasteiger partial charge in [0.05, 0.1) is 18.1 Å². The van der Waals surface area contributed by atoms with E-state index >= 15 is 0 Å². The van der Waals surface area contributed by atoms with Crippen LogP contribution in [0.5, 0.6) is 5.75 Å². The zero-order valence-electron chi connectivity index (χ0n) is 13.8. The van der Waals surface area contributed by atoms with Crippen molar-refractivity contribution < 1.29 is 14.5 Å². The van der Waals surface area contributed by atoms with Gasteiger partial charge < -0.3 is 15.4 Å². The average molecular weight is 345 g/mol. The van der Waals surface area contributed by atoms with Crippen LogP contribution in [0.1, 0.15) is 24.4 Å². The first-order valence-corrected chi connectivity index (χ1v) is 7.90. The lowest BCUT2D eigenvalue weighted by Gasteiger charge is -2.25. The highest BCUT2D eigenvalue weighted by atomic mass is 16.6. The molecule has 1 fully saturated rings. The van der Waals surface area contributed by atoms with Crippen LogP contribution in [0.2, 0.25) is 0 Å². The van der Waals surface area contributed by atoms with E-state index in [1.807, 2.05) is 24.3 Å². The van der Waals surface area contributed by atoms with Gasteiger partial charge in [0.1, 0.15) is 18.5 Å². The molecule has 2 aromatic rings. The number of aromatic nitrogens is 2. The van der Waals surface area contributed by atoms with E-state index in [2.05, 4.69) is 5.10 Å². The molecular weight excluding hydrogens is 326 g/mol. The third-order valence-electron chi connectivity index (χ3n) is 4.39. The van der Waals surface area contributed by atoms with Crippen molar-refractivity contribution in [2.75, 3.05) is 19.4 Å². The molecule has 1 aromatic carbocycles. The highest BCUT2D eigenvalue weighted by Crippen LogP contribution is 2.33. The molecule has 0 radical (unpaired) electrons. The summed E-state index contributed by atoms with van der Waals surface area (Å²) in [6, 6.07) is 7.59. The van der Waals surface area contributed by atoms with Crippen molar-refractivity contribution in [3.05, 3.63) is 46.1 Å². The highest BCUT2D eigenvalue weighted by molar-refractivity contribution is 5.77. The van der Waals surface area contributed by atoms with E-state index in [0.717, 1.165) is 30.4 Å². The molecule has 1 saturated heterocycles. The first kappa shape index (κ1) is 16.7. The number of nitrogens with zero attached hydrogens (tertiary/aromatic N) is 4. The van der Waals surface area contributed by atoms with Crippen molar-refractivity contribution in [3.63, 3.8) is 0 Å². The van der Waals surface area contributed by atoms with E-state index < -0.39 is 4.92 Å². The minimum atomic E-state index is -0.613. The van der Waals surface area contributed by atoms with Gasteiger partial charge in [0.25, 0.3) is 0 Å². The summed E-state index contributed by atoms with van der Waals surface area (Å²) in [7, 11) is 1.60. The Bertz CT molecular complexity index is 804. The zero-order chi connectivity index (χ0) is 18.0. The SMILES string of the molecule is COc1cccc(C2CCCN2C(=O)Cn2ncc([N+](=O)[O-])c2N)c1. The normalized spacial score (nSPS) is 16.8. The zero-order valence-corrected chi connectivity index (χ0v) is 13.8. The molecule has 1 unspecified atom stereocenters. The molecule has 0 saturated carbocycles. The van der Waals surface area contributed by atoms with E-state index in [1.165, 1.54) is 4.68 Å². The maximum absolute atomic E-state index is 12.7. The van der Waals surface area contributed by atoms with E-state index in [-0.39, 0.29) is 30.0 Å². The second-order valence-electron chi connectivity index (χ2n) is 5.85. The fourth-order valence-corrected chi connectivity index (χ4v) is 3.13. The molecule has 1 aliphatic heterocycles. The molecule has 1 aliphatic rings. The summed E-state index contributed by atoms with van der Waals surface area (Å²) >= 11 is 0. The molecule has 9 nitrogen and oxygen atoms in total. The van der Waals surface area contributed by atoms with Gasteiger partial charge in [-0.3, -0.25) is 14.9 Å². The molecule has 0 aliphatic carbocycles. The number of nitro groups is 1. The summed E-state index contributed by atoms with van der Waals surface area (Å²) in [5.74, 6) is 0.453. The Labute approximate surface area is 144 Å². The number of carbonyl (C=O) groups excluding carboxylic acids is 1. The predicted molar refractivity (Wildman–Crippen MR) is 90.0 cm³/mol. The molecule has 0 bridgehead atoms. The van der Waals surface area contributed by atoms with Crippen LogP contribution in [0.3, 0.4) is 0 Å². The van der Waals surface area contributed by atoms with Gasteiger partial charge >= 0.3 is 5.69 Å². The third kappa shape index (κ3) is 3.25. The molecule has 3 rings (SSSR count). The number of amides is 1. The summed E-state index contributed by atoms with van der Waals surface area (Å²) in [4.78, 5) is 24.7. The van der Waals surface area contributed by atoms with Crippen molar-refractivity contribution in [1.82, 2.24) is 14.7 Å². The standard InChI is InChI=1S/C16H19N5O4/c1-25-12-5-2-4-11(8-12)13-6-3-7-19(13)15(22)10-20-16(17)14(9-18-20)21(23)24/h2,4-5,8-9,13H,3,6-7,10,17H2,1H3. The minimum Gasteiger partial charge on any atom is -0.497 e. The fraction of sp³-hybridized carbons (Fsp3) is 0.375. The second kappa shape index (κ2) is 6.80. The molecule has 2 heterocycles. The third-order valence-corrected chi connectivity index (χ3v) is 4.39. The van der Waals surface area contributed by atoms with E-state index in [0.29, 0.717) is 6.54 Å². The number of ether oxygens (including phenoxy) is 1. The van der Waals surface area contributed by atoms with Gasteiger partial charge in [-0.25, -0.2) is 4.68 Å². The molecule has 9 heteroatoms. The average Bonchev–Trinajstić information content (AvgIpc) is 3.22. The largest absolute Gasteiger partial charge is 0.497 e. The van der Waals surface area contributed by atoms with Gasteiger partial charge in [0.15, 0.2) is 0 Å². The van der Waals surface area contributed by atoms with Crippen LogP contribution in [0.15, 0.2) is 30.5 Å². The summed E-state index contributed by atoms with van der Waals surface area (Å²) in [5.41, 5.74) is 6.42. The van der Waals surface area contributed by atoms with Gasteiger partial charge in [-0.05, 0) is 30.5 Å². The smallest absolute Gasteiger partial charge is 0.330 e. The van der Waals surface area contributed by atoms with Crippen LogP contribution in [0.4, 0.5) is 11.5 Å². The molecule has 0 spiro atoms. The van der Waals surface area contributed by atoms with E-state index in [9.17, 15) is 14.9 Å². The molecule has 2 N–H and O–H groups in total. The van der Waals surface area contributed by atoms with E-state index in [4.69, 9.17) is 10.5 Å². The first-order chi connectivity index (χ1) is 12.0. The summed E-state index contributed by atoms with van der Waals surface area (Å²) in [5, 5.41) is 14.7. The van der Waals surface area contributed by atoms with Gasteiger partial charge in [-0.1, -0.05) is 12.1 Å². The monoisotopic (exact) mass is 345 g/mol. The van der Waals surface area contributed by atoms with Crippen LogP contribution < -0.4 is 10.5 Å². The van der Waals surface area contributed by atoms with Crippen LogP contribution >= 0.6 is 0 Å². The molecule has 1 aromatic heterocycles. The number of nitrogens with two attached hydrogens (primary N) is 1. The lowest BCUT2D eigenvalue weighted by molar-refractivity contribution is -0.384. The van der Waals surface area contributed by atoms with Crippen LogP contribution in [0, 0.1) is 10.1 Å². The van der Waals surface area contributed by atoms with Crippen molar-refractivity contribution in [2.24, 2.45) is 0 Å². The first-order valence-electron chi connectivity index (χ1n) is 7.90. The summed E-state index contributed by atoms with van der Waals surface area (Å²) < 4.78 is 6.42. The Kier molecular flexibility index (Phi) is 4.55. The van der Waals surface area contributed by atoms with Gasteiger partial charge in [0.2, 0.25) is 11.7 Å². The number of hydrogen-bond donors (Lipinski definition) is 1. The van der Waals surface area contributed by atoms with Gasteiger partial charge in [0, 0.05) is 6.54 Å². The number of likely N-dealkylation sites (tertiary alicyclic amines) is 1. The van der Waals surface area contributed by atoms with Crippen LogP contribution in [-0.2, 0) is 11.3 Å². The lowest BCUT2D eigenvalue weighted by Crippen LogP contribution is -2.34. The number of rotatable bonds is 5. The summed E-state index contributed by atoms with van der Waals surface area (Å²) in [6.45, 7) is 0.504. The number of methoxy groups -OCH3 is 1. The van der Waals surface area contributed by atoms with Gasteiger partial charge in [-0.2, -0.15) is 5.10 Å². The molecule has 25 heavy (non-hydrogen) atoms. The molecule has 132 valence electrons. The topological polar surface area (TPSA) is 117 Å². The number of anilines is 1. The van der Waals surface area contributed by atoms with Crippen LogP contribution in [0.25, 0.3) is 0 Å². The van der Waals surface area contributed by atoms with Crippen molar-refractivity contribution in [3.8, 4) is 5.75 Å². The van der Waals surface area contributed by atoms with Crippen molar-refractivity contribution >= 4 is 17.4 Å². The number of nitrogen functional groups attached to an aromatic ring is 1. The highest BCUT2D eigenvalue weighted by Gasteiger charge is 2.31. The van der Waals surface area contributed by atoms with Gasteiger partial charge in [-0.15, -0.1) is 0 Å². The van der Waals surface area contributed by atoms with Crippen LogP contribution in [-0.4, -0.2) is 39.2 Å². The number of hydrogen-bond acceptors (Lipinski definition) is 6. The Morgan fingerprint density at radius 2 is 2.32 bits per heavy atom.